The molecule has 0 bridgehead atoms. The van der Waals surface area contributed by atoms with E-state index in [2.05, 4.69) is 6.58 Å². The molecular formula is C17H20Cl2O3. The van der Waals surface area contributed by atoms with Gasteiger partial charge in [-0.3, -0.25) is 0 Å². The van der Waals surface area contributed by atoms with Crippen molar-refractivity contribution in [2.75, 3.05) is 14.2 Å². The summed E-state index contributed by atoms with van der Waals surface area (Å²) in [4.78, 5) is 0. The first-order valence-corrected chi connectivity index (χ1v) is 7.47. The lowest BCUT2D eigenvalue weighted by molar-refractivity contribution is 0.178. The van der Waals surface area contributed by atoms with Gasteiger partial charge in [-0.05, 0) is 30.2 Å². The second-order valence-electron chi connectivity index (χ2n) is 4.50. The van der Waals surface area contributed by atoms with Crippen LogP contribution in [0.5, 0.6) is 11.5 Å². The number of aliphatic hydroxyl groups excluding tert-OH is 1. The maximum absolute atomic E-state index is 10.5. The summed E-state index contributed by atoms with van der Waals surface area (Å²) in [5.41, 5.74) is 1.33. The number of benzene rings is 1. The van der Waals surface area contributed by atoms with Crippen molar-refractivity contribution < 1.29 is 14.6 Å². The normalized spacial score (nSPS) is 14.2. The summed E-state index contributed by atoms with van der Waals surface area (Å²) in [6.07, 6.45) is 2.72. The second kappa shape index (κ2) is 8.89. The molecule has 0 radical (unpaired) electrons. The Hall–Kier alpha value is -1.42. The lowest BCUT2D eigenvalue weighted by Crippen LogP contribution is -2.02. The van der Waals surface area contributed by atoms with Gasteiger partial charge in [-0.15, -0.1) is 0 Å². The number of halogens is 2. The van der Waals surface area contributed by atoms with Crippen molar-refractivity contribution in [1.82, 2.24) is 0 Å². The molecule has 1 rings (SSSR count). The number of methoxy groups -OCH3 is 2. The Labute approximate surface area is 141 Å². The number of ether oxygens (including phenoxy) is 2. The third-order valence-corrected chi connectivity index (χ3v) is 4.03. The maximum atomic E-state index is 10.5. The number of allylic oxidation sites excluding steroid dienone is 4. The molecule has 0 saturated heterocycles. The minimum atomic E-state index is -0.780. The first kappa shape index (κ1) is 18.6. The Bertz CT molecular complexity index is 592. The molecule has 0 spiro atoms. The van der Waals surface area contributed by atoms with Gasteiger partial charge in [0.15, 0.2) is 11.5 Å². The van der Waals surface area contributed by atoms with E-state index in [1.807, 2.05) is 0 Å². The van der Waals surface area contributed by atoms with Gasteiger partial charge in [-0.2, -0.15) is 0 Å². The zero-order valence-electron chi connectivity index (χ0n) is 12.9. The van der Waals surface area contributed by atoms with Gasteiger partial charge in [0.25, 0.3) is 0 Å². The molecule has 0 unspecified atom stereocenters. The Morgan fingerprint density at radius 3 is 2.41 bits per heavy atom. The number of hydrogen-bond acceptors (Lipinski definition) is 3. The number of aliphatic hydroxyl groups is 1. The van der Waals surface area contributed by atoms with Crippen molar-refractivity contribution in [2.24, 2.45) is 0 Å². The van der Waals surface area contributed by atoms with E-state index in [0.717, 1.165) is 0 Å². The minimum Gasteiger partial charge on any atom is -0.493 e. The van der Waals surface area contributed by atoms with Crippen LogP contribution in [0, 0.1) is 0 Å². The third kappa shape index (κ3) is 4.54. The number of hydrogen-bond donors (Lipinski definition) is 1. The van der Waals surface area contributed by atoms with Crippen molar-refractivity contribution in [1.29, 1.82) is 0 Å². The fourth-order valence-electron chi connectivity index (χ4n) is 1.98. The summed E-state index contributed by atoms with van der Waals surface area (Å²) in [5, 5.41) is 11.4. The average Bonchev–Trinajstić information content (AvgIpc) is 2.57. The van der Waals surface area contributed by atoms with Crippen LogP contribution in [0.2, 0.25) is 0 Å². The summed E-state index contributed by atoms with van der Waals surface area (Å²) in [6.45, 7) is 5.44. The van der Waals surface area contributed by atoms with Crippen molar-refractivity contribution in [3.05, 3.63) is 58.1 Å². The quantitative estimate of drug-likeness (QED) is 0.712. The van der Waals surface area contributed by atoms with Gasteiger partial charge in [-0.1, -0.05) is 48.0 Å². The summed E-state index contributed by atoms with van der Waals surface area (Å²) < 4.78 is 10.4. The zero-order valence-corrected chi connectivity index (χ0v) is 14.4. The highest BCUT2D eigenvalue weighted by Gasteiger charge is 2.16. The summed E-state index contributed by atoms with van der Waals surface area (Å²) >= 11 is 12.3. The molecule has 1 aromatic rings. The van der Waals surface area contributed by atoms with Gasteiger partial charge in [0.05, 0.1) is 20.3 Å². The predicted molar refractivity (Wildman–Crippen MR) is 91.8 cm³/mol. The van der Waals surface area contributed by atoms with Crippen LogP contribution in [0.4, 0.5) is 0 Å². The van der Waals surface area contributed by atoms with Gasteiger partial charge in [0, 0.05) is 16.5 Å². The molecule has 1 atom stereocenters. The van der Waals surface area contributed by atoms with Crippen LogP contribution in [0.15, 0.2) is 52.6 Å². The first-order chi connectivity index (χ1) is 10.5. The molecule has 3 nitrogen and oxygen atoms in total. The molecule has 0 saturated carbocycles. The Balaban J connectivity index is 3.10. The summed E-state index contributed by atoms with van der Waals surface area (Å²) in [6, 6.07) is 5.24. The lowest BCUT2D eigenvalue weighted by atomic mass is 10.00. The van der Waals surface area contributed by atoms with Crippen LogP contribution in [0.3, 0.4) is 0 Å². The molecule has 0 heterocycles. The Morgan fingerprint density at radius 2 is 1.91 bits per heavy atom. The molecule has 0 aliphatic heterocycles. The topological polar surface area (TPSA) is 38.7 Å². The second-order valence-corrected chi connectivity index (χ2v) is 5.32. The van der Waals surface area contributed by atoms with Crippen LogP contribution < -0.4 is 9.47 Å². The molecule has 120 valence electrons. The van der Waals surface area contributed by atoms with E-state index in [4.69, 9.17) is 32.7 Å². The largest absolute Gasteiger partial charge is 0.493 e. The van der Waals surface area contributed by atoms with E-state index in [9.17, 15) is 5.11 Å². The minimum absolute atomic E-state index is 0.267. The molecule has 1 aromatic carbocycles. The van der Waals surface area contributed by atoms with Crippen LogP contribution in [0.25, 0.3) is 0 Å². The molecule has 0 aliphatic carbocycles. The van der Waals surface area contributed by atoms with E-state index in [-0.39, 0.29) is 6.42 Å². The fourth-order valence-corrected chi connectivity index (χ4v) is 2.38. The molecule has 0 amide bonds. The van der Waals surface area contributed by atoms with Gasteiger partial charge >= 0.3 is 0 Å². The molecule has 22 heavy (non-hydrogen) atoms. The highest BCUT2D eigenvalue weighted by atomic mass is 35.5. The van der Waals surface area contributed by atoms with E-state index in [0.29, 0.717) is 32.7 Å². The molecule has 0 aliphatic rings. The molecule has 0 fully saturated rings. The van der Waals surface area contributed by atoms with E-state index in [1.54, 1.807) is 45.4 Å². The molecule has 0 aromatic heterocycles. The molecular weight excluding hydrogens is 323 g/mol. The fraction of sp³-hybridized carbons (Fsp3) is 0.294. The third-order valence-electron chi connectivity index (χ3n) is 3.20. The summed E-state index contributed by atoms with van der Waals surface area (Å²) in [7, 11) is 3.11. The lowest BCUT2D eigenvalue weighted by Gasteiger charge is -2.16. The molecule has 1 N–H and O–H groups in total. The maximum Gasteiger partial charge on any atom is 0.161 e. The summed E-state index contributed by atoms with van der Waals surface area (Å²) in [5.74, 6) is 1.15. The van der Waals surface area contributed by atoms with Gasteiger partial charge in [0.2, 0.25) is 0 Å². The SMILES string of the molecule is C=C/C(Cl)=C(C[C@H](O)c1ccc(OC)c(OC)c1)\C(Cl)=C/C. The highest BCUT2D eigenvalue weighted by Crippen LogP contribution is 2.35. The van der Waals surface area contributed by atoms with Crippen LogP contribution in [-0.2, 0) is 0 Å². The monoisotopic (exact) mass is 342 g/mol. The first-order valence-electron chi connectivity index (χ1n) is 6.71. The van der Waals surface area contributed by atoms with Gasteiger partial charge in [0.1, 0.15) is 0 Å². The van der Waals surface area contributed by atoms with Gasteiger partial charge in [-0.25, -0.2) is 0 Å². The van der Waals surface area contributed by atoms with E-state index in [1.165, 1.54) is 6.08 Å². The Morgan fingerprint density at radius 1 is 1.27 bits per heavy atom. The van der Waals surface area contributed by atoms with Crippen molar-refractivity contribution in [2.45, 2.75) is 19.4 Å². The number of rotatable bonds is 7. The van der Waals surface area contributed by atoms with E-state index >= 15 is 0 Å². The predicted octanol–water partition coefficient (Wildman–Crippen LogP) is 4.95. The molecule has 5 heteroatoms. The average molecular weight is 343 g/mol. The van der Waals surface area contributed by atoms with Crippen molar-refractivity contribution in [3.63, 3.8) is 0 Å². The highest BCUT2D eigenvalue weighted by molar-refractivity contribution is 6.36. The van der Waals surface area contributed by atoms with Gasteiger partial charge < -0.3 is 14.6 Å². The van der Waals surface area contributed by atoms with E-state index < -0.39 is 6.10 Å². The van der Waals surface area contributed by atoms with Crippen LogP contribution >= 0.6 is 23.2 Å². The standard InChI is InChI=1S/C17H20Cl2O3/c1-5-13(18)12(14(19)6-2)10-15(20)11-7-8-16(21-3)17(9-11)22-4/h5-9,15,20H,1,10H2,2-4H3/b13-12+,14-6+/t15-/m0/s1. The van der Waals surface area contributed by atoms with Crippen molar-refractivity contribution in [3.8, 4) is 11.5 Å². The van der Waals surface area contributed by atoms with Crippen LogP contribution in [-0.4, -0.2) is 19.3 Å². The van der Waals surface area contributed by atoms with Crippen LogP contribution in [0.1, 0.15) is 25.0 Å². The van der Waals surface area contributed by atoms with Crippen molar-refractivity contribution >= 4 is 23.2 Å². The zero-order chi connectivity index (χ0) is 16.7. The smallest absolute Gasteiger partial charge is 0.161 e. The Kier molecular flexibility index (Phi) is 7.52.